The van der Waals surface area contributed by atoms with Gasteiger partial charge in [0.1, 0.15) is 11.6 Å². The molecule has 0 saturated carbocycles. The maximum atomic E-state index is 13.4. The number of benzene rings is 1. The lowest BCUT2D eigenvalue weighted by molar-refractivity contribution is 0.497. The molecule has 1 heterocycles. The highest BCUT2D eigenvalue weighted by atomic mass is 19.1. The predicted octanol–water partition coefficient (Wildman–Crippen LogP) is 2.41. The molecule has 1 atom stereocenters. The first-order chi connectivity index (χ1) is 8.66. The van der Waals surface area contributed by atoms with E-state index >= 15 is 0 Å². The van der Waals surface area contributed by atoms with E-state index in [0.717, 1.165) is 5.69 Å². The fraction of sp³-hybridized carbons (Fsp3) is 0.308. The summed E-state index contributed by atoms with van der Waals surface area (Å²) in [6, 6.07) is 5.75. The highest BCUT2D eigenvalue weighted by Crippen LogP contribution is 2.14. The number of H-pyrrole nitrogens is 1. The highest BCUT2D eigenvalue weighted by molar-refractivity contribution is 5.20. The first-order valence-corrected chi connectivity index (χ1v) is 5.81. The van der Waals surface area contributed by atoms with Crippen molar-refractivity contribution in [2.24, 2.45) is 0 Å². The molecule has 0 radical (unpaired) electrons. The molecule has 0 amide bonds. The van der Waals surface area contributed by atoms with E-state index in [9.17, 15) is 8.78 Å². The summed E-state index contributed by atoms with van der Waals surface area (Å²) in [7, 11) is 0. The molecule has 0 fully saturated rings. The van der Waals surface area contributed by atoms with Gasteiger partial charge < -0.3 is 5.32 Å². The average molecular weight is 251 g/mol. The molecule has 5 heteroatoms. The minimum Gasteiger partial charge on any atom is -0.308 e. The van der Waals surface area contributed by atoms with E-state index in [0.29, 0.717) is 13.0 Å². The number of rotatable bonds is 5. The Balaban J connectivity index is 1.92. The quantitative estimate of drug-likeness (QED) is 0.856. The van der Waals surface area contributed by atoms with Crippen LogP contribution in [0.3, 0.4) is 0 Å². The van der Waals surface area contributed by atoms with Crippen LogP contribution < -0.4 is 5.32 Å². The molecule has 2 rings (SSSR count). The second-order valence-electron chi connectivity index (χ2n) is 4.27. The first kappa shape index (κ1) is 12.7. The molecule has 1 aromatic heterocycles. The maximum absolute atomic E-state index is 13.4. The van der Waals surface area contributed by atoms with Crippen LogP contribution >= 0.6 is 0 Å². The Bertz CT molecular complexity index is 477. The molecule has 0 aliphatic carbocycles. The minimum absolute atomic E-state index is 0.0281. The number of nitrogens with one attached hydrogen (secondary N) is 2. The molecular weight excluding hydrogens is 236 g/mol. The van der Waals surface area contributed by atoms with Gasteiger partial charge in [-0.3, -0.25) is 5.10 Å². The fourth-order valence-corrected chi connectivity index (χ4v) is 1.77. The summed E-state index contributed by atoms with van der Waals surface area (Å²) >= 11 is 0. The predicted molar refractivity (Wildman–Crippen MR) is 65.0 cm³/mol. The van der Waals surface area contributed by atoms with Crippen molar-refractivity contribution in [2.75, 3.05) is 0 Å². The van der Waals surface area contributed by atoms with E-state index < -0.39 is 11.6 Å². The number of hydrogen-bond donors (Lipinski definition) is 2. The lowest BCUT2D eigenvalue weighted by Gasteiger charge is -2.14. The molecule has 1 aromatic carbocycles. The summed E-state index contributed by atoms with van der Waals surface area (Å²) in [6.07, 6.45) is 1.98. The molecule has 2 N–H and O–H groups in total. The van der Waals surface area contributed by atoms with Gasteiger partial charge in [0.25, 0.3) is 0 Å². The Morgan fingerprint density at radius 1 is 1.28 bits per heavy atom. The Morgan fingerprint density at radius 2 is 2.00 bits per heavy atom. The Morgan fingerprint density at radius 3 is 2.61 bits per heavy atom. The van der Waals surface area contributed by atoms with E-state index in [2.05, 4.69) is 15.5 Å². The van der Waals surface area contributed by atoms with Gasteiger partial charge in [-0.15, -0.1) is 0 Å². The van der Waals surface area contributed by atoms with Gasteiger partial charge in [-0.05, 0) is 31.5 Å². The van der Waals surface area contributed by atoms with Crippen molar-refractivity contribution in [2.45, 2.75) is 25.9 Å². The van der Waals surface area contributed by atoms with Gasteiger partial charge in [-0.25, -0.2) is 8.78 Å². The molecule has 3 nitrogen and oxygen atoms in total. The van der Waals surface area contributed by atoms with Crippen LogP contribution in [-0.4, -0.2) is 16.2 Å². The van der Waals surface area contributed by atoms with Gasteiger partial charge in [-0.1, -0.05) is 6.07 Å². The normalized spacial score (nSPS) is 12.6. The van der Waals surface area contributed by atoms with Crippen molar-refractivity contribution in [3.63, 3.8) is 0 Å². The van der Waals surface area contributed by atoms with Crippen LogP contribution in [0.25, 0.3) is 0 Å². The molecule has 18 heavy (non-hydrogen) atoms. The average Bonchev–Trinajstić information content (AvgIpc) is 2.84. The number of aromatic nitrogens is 2. The van der Waals surface area contributed by atoms with Crippen molar-refractivity contribution in [3.8, 4) is 0 Å². The third-order valence-corrected chi connectivity index (χ3v) is 2.77. The summed E-state index contributed by atoms with van der Waals surface area (Å²) in [5.41, 5.74) is 1.07. The van der Waals surface area contributed by atoms with Gasteiger partial charge in [-0.2, -0.15) is 5.10 Å². The summed E-state index contributed by atoms with van der Waals surface area (Å²) in [6.45, 7) is 2.49. The van der Waals surface area contributed by atoms with Crippen molar-refractivity contribution >= 4 is 0 Å². The Hall–Kier alpha value is -1.75. The highest BCUT2D eigenvalue weighted by Gasteiger charge is 2.12. The first-order valence-electron chi connectivity index (χ1n) is 5.81. The van der Waals surface area contributed by atoms with Crippen LogP contribution in [0.4, 0.5) is 8.78 Å². The number of nitrogens with zero attached hydrogens (tertiary/aromatic N) is 1. The van der Waals surface area contributed by atoms with E-state index in [1.165, 1.54) is 18.2 Å². The van der Waals surface area contributed by atoms with Gasteiger partial charge in [0.05, 0.1) is 0 Å². The molecule has 1 unspecified atom stereocenters. The lowest BCUT2D eigenvalue weighted by atomic mass is 10.1. The third-order valence-electron chi connectivity index (χ3n) is 2.77. The number of halogens is 2. The van der Waals surface area contributed by atoms with Crippen molar-refractivity contribution in [1.82, 2.24) is 15.5 Å². The van der Waals surface area contributed by atoms with E-state index in [-0.39, 0.29) is 11.6 Å². The molecule has 96 valence electrons. The summed E-state index contributed by atoms with van der Waals surface area (Å²) < 4.78 is 26.9. The summed E-state index contributed by atoms with van der Waals surface area (Å²) in [5, 5.41) is 9.83. The van der Waals surface area contributed by atoms with Gasteiger partial charge >= 0.3 is 0 Å². The number of aromatic amines is 1. The van der Waals surface area contributed by atoms with Crippen molar-refractivity contribution < 1.29 is 8.78 Å². The topological polar surface area (TPSA) is 40.7 Å². The summed E-state index contributed by atoms with van der Waals surface area (Å²) in [4.78, 5) is 0. The zero-order valence-electron chi connectivity index (χ0n) is 10.1. The molecule has 0 bridgehead atoms. The molecular formula is C13H15F2N3. The van der Waals surface area contributed by atoms with Crippen LogP contribution in [-0.2, 0) is 13.0 Å². The monoisotopic (exact) mass is 251 g/mol. The largest absolute Gasteiger partial charge is 0.308 e. The van der Waals surface area contributed by atoms with Crippen molar-refractivity contribution in [1.29, 1.82) is 0 Å². The summed E-state index contributed by atoms with van der Waals surface area (Å²) in [5.74, 6) is -0.990. The molecule has 0 saturated heterocycles. The van der Waals surface area contributed by atoms with Gasteiger partial charge in [0.15, 0.2) is 0 Å². The second-order valence-corrected chi connectivity index (χ2v) is 4.27. The van der Waals surface area contributed by atoms with E-state index in [4.69, 9.17) is 0 Å². The Labute approximate surface area is 104 Å². The molecule has 0 spiro atoms. The SMILES string of the molecule is CC(Cc1c(F)cccc1F)NCc1ccn[nH]1. The fourth-order valence-electron chi connectivity index (χ4n) is 1.77. The molecule has 2 aromatic rings. The molecule has 0 aliphatic heterocycles. The van der Waals surface area contributed by atoms with Crippen LogP contribution in [0.15, 0.2) is 30.5 Å². The zero-order chi connectivity index (χ0) is 13.0. The van der Waals surface area contributed by atoms with E-state index in [1.807, 2.05) is 13.0 Å². The standard InChI is InChI=1S/C13H15F2N3/c1-9(16-8-10-5-6-17-18-10)7-11-12(14)3-2-4-13(11)15/h2-6,9,16H,7-8H2,1H3,(H,17,18). The van der Waals surface area contributed by atoms with Crippen LogP contribution in [0.1, 0.15) is 18.2 Å². The maximum Gasteiger partial charge on any atom is 0.129 e. The van der Waals surface area contributed by atoms with Crippen LogP contribution in [0.5, 0.6) is 0 Å². The van der Waals surface area contributed by atoms with Gasteiger partial charge in [0.2, 0.25) is 0 Å². The second kappa shape index (κ2) is 5.73. The van der Waals surface area contributed by atoms with Gasteiger partial charge in [0, 0.05) is 30.0 Å². The number of hydrogen-bond acceptors (Lipinski definition) is 2. The van der Waals surface area contributed by atoms with E-state index in [1.54, 1.807) is 6.20 Å². The smallest absolute Gasteiger partial charge is 0.129 e. The van der Waals surface area contributed by atoms with Crippen molar-refractivity contribution in [3.05, 3.63) is 53.4 Å². The minimum atomic E-state index is -0.495. The Kier molecular flexibility index (Phi) is 4.04. The third kappa shape index (κ3) is 3.13. The zero-order valence-corrected chi connectivity index (χ0v) is 10.1. The lowest BCUT2D eigenvalue weighted by Crippen LogP contribution is -2.28. The molecule has 0 aliphatic rings. The van der Waals surface area contributed by atoms with Crippen LogP contribution in [0.2, 0.25) is 0 Å². The van der Waals surface area contributed by atoms with Crippen LogP contribution in [0, 0.1) is 11.6 Å².